The van der Waals surface area contributed by atoms with Gasteiger partial charge in [-0.05, 0) is 0 Å². The van der Waals surface area contributed by atoms with Crippen LogP contribution >= 0.6 is 0 Å². The maximum Gasteiger partial charge on any atom is 0.0852 e. The molecule has 0 heterocycles. The second-order valence-corrected chi connectivity index (χ2v) is 9.25. The van der Waals surface area contributed by atoms with Gasteiger partial charge in [-0.3, -0.25) is 0 Å². The van der Waals surface area contributed by atoms with Crippen LogP contribution in [0.3, 0.4) is 0 Å². The lowest BCUT2D eigenvalue weighted by Gasteiger charge is -2.19. The summed E-state index contributed by atoms with van der Waals surface area (Å²) in [7, 11) is 2.23. The first-order valence-electron chi connectivity index (χ1n) is 3.73. The number of aliphatic hydroxyl groups is 1. The third-order valence-electron chi connectivity index (χ3n) is 1.33. The lowest BCUT2D eigenvalue weighted by molar-refractivity contribution is 0.307. The molecule has 0 aliphatic carbocycles. The summed E-state index contributed by atoms with van der Waals surface area (Å²) >= 11 is 0. The van der Waals surface area contributed by atoms with Crippen LogP contribution in [0.2, 0.25) is 19.6 Å². The summed E-state index contributed by atoms with van der Waals surface area (Å²) in [6.07, 6.45) is 1.62. The van der Waals surface area contributed by atoms with Crippen LogP contribution < -0.4 is 0 Å². The molecule has 0 rings (SSSR count). The van der Waals surface area contributed by atoms with Gasteiger partial charge in [-0.15, -0.1) is 0 Å². The van der Waals surface area contributed by atoms with Gasteiger partial charge in [0.05, 0.1) is 13.8 Å². The Morgan fingerprint density at radius 1 is 1.36 bits per heavy atom. The Kier molecular flexibility index (Phi) is 3.75. The Hall–Kier alpha value is -0.353. The van der Waals surface area contributed by atoms with Crippen molar-refractivity contribution in [2.24, 2.45) is 5.10 Å². The molecule has 0 fully saturated rings. The van der Waals surface area contributed by atoms with Crippen LogP contribution in [-0.2, 0) is 0 Å². The SMILES string of the molecule is CN(C)N=CC(O)[Si](C)(C)C. The van der Waals surface area contributed by atoms with E-state index in [1.807, 2.05) is 14.1 Å². The van der Waals surface area contributed by atoms with Crippen molar-refractivity contribution in [3.8, 4) is 0 Å². The Morgan fingerprint density at radius 3 is 2.09 bits per heavy atom. The lowest BCUT2D eigenvalue weighted by atomic mass is 10.8. The van der Waals surface area contributed by atoms with Crippen LogP contribution in [-0.4, -0.2) is 44.2 Å². The number of rotatable bonds is 3. The number of nitrogens with zero attached hydrogens (tertiary/aromatic N) is 2. The van der Waals surface area contributed by atoms with Crippen LogP contribution in [0.1, 0.15) is 0 Å². The normalized spacial score (nSPS) is 15.5. The van der Waals surface area contributed by atoms with Gasteiger partial charge >= 0.3 is 0 Å². The summed E-state index contributed by atoms with van der Waals surface area (Å²) in [5.74, 6) is 0. The highest BCUT2D eigenvalue weighted by molar-refractivity contribution is 6.79. The highest BCUT2D eigenvalue weighted by Gasteiger charge is 2.22. The van der Waals surface area contributed by atoms with Crippen LogP contribution in [0.4, 0.5) is 0 Å². The van der Waals surface area contributed by atoms with Crippen LogP contribution in [0.5, 0.6) is 0 Å². The first-order chi connectivity index (χ1) is 4.84. The van der Waals surface area contributed by atoms with Crippen molar-refractivity contribution < 1.29 is 5.11 Å². The molecule has 0 bridgehead atoms. The third kappa shape index (κ3) is 4.98. The van der Waals surface area contributed by atoms with Crippen LogP contribution in [0.25, 0.3) is 0 Å². The standard InChI is InChI=1S/C7H18N2OSi/c1-9(2)8-6-7(10)11(3,4)5/h6-7,10H,1-5H3. The van der Waals surface area contributed by atoms with E-state index in [1.165, 1.54) is 0 Å². The summed E-state index contributed by atoms with van der Waals surface area (Å²) < 4.78 is 0. The maximum absolute atomic E-state index is 9.52. The molecule has 0 aromatic rings. The van der Waals surface area contributed by atoms with Crippen molar-refractivity contribution in [1.82, 2.24) is 5.01 Å². The molecule has 4 heteroatoms. The van der Waals surface area contributed by atoms with E-state index in [4.69, 9.17) is 0 Å². The Morgan fingerprint density at radius 2 is 1.82 bits per heavy atom. The molecule has 1 atom stereocenters. The zero-order valence-electron chi connectivity index (χ0n) is 8.00. The van der Waals surface area contributed by atoms with E-state index in [0.29, 0.717) is 0 Å². The van der Waals surface area contributed by atoms with Gasteiger partial charge in [-0.2, -0.15) is 5.10 Å². The number of hydrogen-bond donors (Lipinski definition) is 1. The first kappa shape index (κ1) is 10.6. The molecule has 0 spiro atoms. The minimum atomic E-state index is -1.45. The molecule has 0 saturated carbocycles. The summed E-state index contributed by atoms with van der Waals surface area (Å²) in [6, 6.07) is 0. The lowest BCUT2D eigenvalue weighted by Crippen LogP contribution is -2.39. The summed E-state index contributed by atoms with van der Waals surface area (Å²) in [5.41, 5.74) is -0.343. The summed E-state index contributed by atoms with van der Waals surface area (Å²) in [5, 5.41) is 15.2. The maximum atomic E-state index is 9.52. The average molecular weight is 174 g/mol. The summed E-state index contributed by atoms with van der Waals surface area (Å²) in [6.45, 7) is 6.33. The predicted molar refractivity (Wildman–Crippen MR) is 51.5 cm³/mol. The first-order valence-corrected chi connectivity index (χ1v) is 7.31. The minimum absolute atomic E-state index is 0.343. The van der Waals surface area contributed by atoms with E-state index < -0.39 is 8.07 Å². The molecule has 0 aliphatic heterocycles. The fourth-order valence-corrected chi connectivity index (χ4v) is 0.934. The van der Waals surface area contributed by atoms with Crippen LogP contribution in [0, 0.1) is 0 Å². The van der Waals surface area contributed by atoms with Gasteiger partial charge < -0.3 is 10.1 Å². The Balaban J connectivity index is 3.97. The highest BCUT2D eigenvalue weighted by Crippen LogP contribution is 2.04. The van der Waals surface area contributed by atoms with Gasteiger partial charge in [0.2, 0.25) is 0 Å². The van der Waals surface area contributed by atoms with Gasteiger partial charge in [-0.1, -0.05) is 19.6 Å². The molecular formula is C7H18N2OSi. The van der Waals surface area contributed by atoms with E-state index in [2.05, 4.69) is 24.7 Å². The van der Waals surface area contributed by atoms with Crippen molar-refractivity contribution in [3.05, 3.63) is 0 Å². The fraction of sp³-hybridized carbons (Fsp3) is 0.857. The smallest absolute Gasteiger partial charge is 0.0852 e. The Labute approximate surface area is 69.7 Å². The van der Waals surface area contributed by atoms with Gasteiger partial charge in [0.1, 0.15) is 0 Å². The molecule has 66 valence electrons. The van der Waals surface area contributed by atoms with Crippen molar-refractivity contribution in [1.29, 1.82) is 0 Å². The second-order valence-electron chi connectivity index (χ2n) is 3.92. The molecular weight excluding hydrogens is 156 g/mol. The monoisotopic (exact) mass is 174 g/mol. The molecule has 1 unspecified atom stereocenters. The van der Waals surface area contributed by atoms with Crippen molar-refractivity contribution >= 4 is 14.3 Å². The van der Waals surface area contributed by atoms with Crippen molar-refractivity contribution in [2.75, 3.05) is 14.1 Å². The second kappa shape index (κ2) is 3.87. The molecule has 0 aliphatic rings. The van der Waals surface area contributed by atoms with E-state index in [-0.39, 0.29) is 5.73 Å². The largest absolute Gasteiger partial charge is 0.391 e. The Bertz CT molecular complexity index is 140. The topological polar surface area (TPSA) is 35.8 Å². The zero-order valence-corrected chi connectivity index (χ0v) is 9.00. The zero-order chi connectivity index (χ0) is 9.07. The number of hydrazone groups is 1. The van der Waals surface area contributed by atoms with Crippen molar-refractivity contribution in [3.63, 3.8) is 0 Å². The predicted octanol–water partition coefficient (Wildman–Crippen LogP) is 0.772. The quantitative estimate of drug-likeness (QED) is 0.390. The average Bonchev–Trinajstić information content (AvgIpc) is 1.80. The van der Waals surface area contributed by atoms with Crippen molar-refractivity contribution in [2.45, 2.75) is 25.4 Å². The van der Waals surface area contributed by atoms with E-state index in [0.717, 1.165) is 0 Å². The number of hydrogen-bond acceptors (Lipinski definition) is 3. The molecule has 0 amide bonds. The molecule has 0 saturated heterocycles. The van der Waals surface area contributed by atoms with E-state index in [1.54, 1.807) is 11.2 Å². The van der Waals surface area contributed by atoms with Gasteiger partial charge in [0.25, 0.3) is 0 Å². The van der Waals surface area contributed by atoms with Gasteiger partial charge in [0.15, 0.2) is 0 Å². The third-order valence-corrected chi connectivity index (χ3v) is 3.25. The molecule has 0 radical (unpaired) electrons. The molecule has 0 aromatic carbocycles. The van der Waals surface area contributed by atoms with Crippen LogP contribution in [0.15, 0.2) is 5.10 Å². The van der Waals surface area contributed by atoms with E-state index >= 15 is 0 Å². The fourth-order valence-electron chi connectivity index (χ4n) is 0.420. The molecule has 0 aromatic heterocycles. The number of aliphatic hydroxyl groups excluding tert-OH is 1. The molecule has 1 N–H and O–H groups in total. The highest BCUT2D eigenvalue weighted by atomic mass is 28.3. The molecule has 3 nitrogen and oxygen atoms in total. The minimum Gasteiger partial charge on any atom is -0.391 e. The van der Waals surface area contributed by atoms with E-state index in [9.17, 15) is 5.11 Å². The summed E-state index contributed by atoms with van der Waals surface area (Å²) in [4.78, 5) is 0. The molecule has 11 heavy (non-hydrogen) atoms. The van der Waals surface area contributed by atoms with Gasteiger partial charge in [-0.25, -0.2) is 0 Å². The van der Waals surface area contributed by atoms with Gasteiger partial charge in [0, 0.05) is 20.3 Å².